The van der Waals surface area contributed by atoms with Crippen molar-refractivity contribution >= 4 is 51.5 Å². The fraction of sp³-hybridized carbons (Fsp3) is 0.167. The van der Waals surface area contributed by atoms with E-state index in [0.29, 0.717) is 45.8 Å². The minimum atomic E-state index is -1.09. The number of fused-ring (bicyclic) bond motifs is 1. The van der Waals surface area contributed by atoms with Crippen molar-refractivity contribution in [1.29, 1.82) is 0 Å². The van der Waals surface area contributed by atoms with Gasteiger partial charge >= 0.3 is 5.97 Å². The van der Waals surface area contributed by atoms with Crippen LogP contribution < -0.4 is 14.2 Å². The Morgan fingerprint density at radius 2 is 1.85 bits per heavy atom. The van der Waals surface area contributed by atoms with E-state index in [1.807, 2.05) is 48.7 Å². The second kappa shape index (κ2) is 12.0. The van der Waals surface area contributed by atoms with Crippen LogP contribution in [0, 0.1) is 0 Å². The summed E-state index contributed by atoms with van der Waals surface area (Å²) in [6.07, 6.45) is 4.40. The number of amidine groups is 1. The van der Waals surface area contributed by atoms with Crippen molar-refractivity contribution in [2.75, 3.05) is 27.4 Å². The molecule has 1 aliphatic rings. The average Bonchev–Trinajstić information content (AvgIpc) is 3.51. The number of carbonyl (C=O) groups is 2. The lowest BCUT2D eigenvalue weighted by molar-refractivity contribution is -0.139. The molecule has 1 aromatic heterocycles. The summed E-state index contributed by atoms with van der Waals surface area (Å²) >= 11 is 1.30. The number of nitrogens with one attached hydrogen (secondary N) is 1. The first-order chi connectivity index (χ1) is 19.4. The van der Waals surface area contributed by atoms with Gasteiger partial charge in [-0.05, 0) is 77.9 Å². The molecule has 0 unspecified atom stereocenters. The second-order valence-corrected chi connectivity index (χ2v) is 9.87. The lowest BCUT2D eigenvalue weighted by Gasteiger charge is -2.15. The third-order valence-electron chi connectivity index (χ3n) is 6.30. The highest BCUT2D eigenvalue weighted by molar-refractivity contribution is 8.18. The van der Waals surface area contributed by atoms with Crippen molar-refractivity contribution in [2.45, 2.75) is 6.42 Å². The summed E-state index contributed by atoms with van der Waals surface area (Å²) in [5.41, 5.74) is 3.59. The van der Waals surface area contributed by atoms with E-state index >= 15 is 0 Å². The Bertz CT molecular complexity index is 1610. The summed E-state index contributed by atoms with van der Waals surface area (Å²) in [6, 6.07) is 20.5. The van der Waals surface area contributed by atoms with Crippen LogP contribution in [0.4, 0.5) is 5.69 Å². The first-order valence-electron chi connectivity index (χ1n) is 12.5. The first-order valence-corrected chi connectivity index (χ1v) is 13.3. The molecule has 1 saturated heterocycles. The molecule has 0 saturated carbocycles. The van der Waals surface area contributed by atoms with Gasteiger partial charge in [0, 0.05) is 23.6 Å². The van der Waals surface area contributed by atoms with E-state index in [-0.39, 0.29) is 5.91 Å². The van der Waals surface area contributed by atoms with Crippen molar-refractivity contribution < 1.29 is 28.9 Å². The Morgan fingerprint density at radius 3 is 2.60 bits per heavy atom. The molecule has 0 aliphatic carbocycles. The number of carboxylic acid groups (broad SMARTS) is 1. The molecule has 2 N–H and O–H groups in total. The highest BCUT2D eigenvalue weighted by Crippen LogP contribution is 2.36. The summed E-state index contributed by atoms with van der Waals surface area (Å²) < 4.78 is 15.9. The molecule has 0 radical (unpaired) electrons. The van der Waals surface area contributed by atoms with Crippen LogP contribution in [0.1, 0.15) is 11.1 Å². The number of rotatable bonds is 10. The molecular formula is C30H27N3O6S. The number of thioether (sulfide) groups is 1. The van der Waals surface area contributed by atoms with Gasteiger partial charge in [-0.3, -0.25) is 9.69 Å². The number of amides is 1. The van der Waals surface area contributed by atoms with Gasteiger partial charge in [0.1, 0.15) is 5.75 Å². The lowest BCUT2D eigenvalue weighted by Crippen LogP contribution is -2.31. The molecule has 1 amide bonds. The molecule has 4 aromatic rings. The molecular weight excluding hydrogens is 530 g/mol. The third kappa shape index (κ3) is 5.97. The number of methoxy groups -OCH3 is 2. The number of benzene rings is 3. The third-order valence-corrected chi connectivity index (χ3v) is 7.31. The van der Waals surface area contributed by atoms with E-state index in [2.05, 4.69) is 11.1 Å². The van der Waals surface area contributed by atoms with Crippen LogP contribution in [-0.2, 0) is 16.0 Å². The molecule has 0 bridgehead atoms. The van der Waals surface area contributed by atoms with Crippen molar-refractivity contribution in [1.82, 2.24) is 9.88 Å². The van der Waals surface area contributed by atoms with Crippen molar-refractivity contribution in [3.8, 4) is 17.2 Å². The Balaban J connectivity index is 1.43. The van der Waals surface area contributed by atoms with Gasteiger partial charge in [-0.2, -0.15) is 0 Å². The predicted molar refractivity (Wildman–Crippen MR) is 155 cm³/mol. The largest absolute Gasteiger partial charge is 0.497 e. The number of aromatic nitrogens is 1. The van der Waals surface area contributed by atoms with E-state index < -0.39 is 12.6 Å². The summed E-state index contributed by atoms with van der Waals surface area (Å²) in [5, 5.41) is 10.6. The maximum Gasteiger partial charge on any atom is 0.341 e. The number of H-pyrrole nitrogens is 1. The molecule has 5 rings (SSSR count). The van der Waals surface area contributed by atoms with E-state index in [4.69, 9.17) is 24.3 Å². The number of aromatic amines is 1. The van der Waals surface area contributed by atoms with Crippen molar-refractivity contribution in [3.05, 3.63) is 89.0 Å². The van der Waals surface area contributed by atoms with Crippen LogP contribution in [0.5, 0.6) is 17.2 Å². The van der Waals surface area contributed by atoms with Crippen LogP contribution in [0.25, 0.3) is 17.0 Å². The number of hydrogen-bond donors (Lipinski definition) is 2. The fourth-order valence-corrected chi connectivity index (χ4v) is 5.34. The standard InChI is InChI=1S/C30H27N3O6S/c1-37-22-10-8-21(9-11-22)32-30-33(14-13-20-17-31-24-6-4-3-5-23(20)24)29(36)27(40-30)16-19-7-12-25(26(15-19)38-2)39-18-28(34)35/h3-12,15-17,31H,13-14,18H2,1-2H3,(H,34,35)/b27-16+,32-30?. The van der Waals surface area contributed by atoms with Gasteiger partial charge in [0.15, 0.2) is 23.3 Å². The molecule has 0 atom stereocenters. The Labute approximate surface area is 235 Å². The molecule has 1 aliphatic heterocycles. The molecule has 3 aromatic carbocycles. The first kappa shape index (κ1) is 26.9. The number of nitrogens with zero attached hydrogens (tertiary/aromatic N) is 2. The van der Waals surface area contributed by atoms with Gasteiger partial charge in [-0.1, -0.05) is 24.3 Å². The van der Waals surface area contributed by atoms with Crippen LogP contribution in [0.15, 0.2) is 82.8 Å². The minimum Gasteiger partial charge on any atom is -0.497 e. The van der Waals surface area contributed by atoms with Gasteiger partial charge in [-0.25, -0.2) is 9.79 Å². The SMILES string of the molecule is COc1ccc(N=C2S/C(=C/c3ccc(OCC(=O)O)c(OC)c3)C(=O)N2CCc2c[nH]c3ccccc23)cc1. The smallest absolute Gasteiger partial charge is 0.341 e. The van der Waals surface area contributed by atoms with Gasteiger partial charge in [0.2, 0.25) is 0 Å². The van der Waals surface area contributed by atoms with Crippen molar-refractivity contribution in [3.63, 3.8) is 0 Å². The zero-order valence-electron chi connectivity index (χ0n) is 21.9. The summed E-state index contributed by atoms with van der Waals surface area (Å²) in [5.74, 6) is 0.161. The van der Waals surface area contributed by atoms with E-state index in [1.54, 1.807) is 36.3 Å². The topological polar surface area (TPSA) is 113 Å². The fourth-order valence-electron chi connectivity index (χ4n) is 4.31. The van der Waals surface area contributed by atoms with Gasteiger partial charge in [0.25, 0.3) is 5.91 Å². The number of carboxylic acids is 1. The molecule has 9 nitrogen and oxygen atoms in total. The summed E-state index contributed by atoms with van der Waals surface area (Å²) in [6.45, 7) is -0.0347. The molecule has 40 heavy (non-hydrogen) atoms. The average molecular weight is 558 g/mol. The number of hydrogen-bond acceptors (Lipinski definition) is 7. The normalized spacial score (nSPS) is 15.2. The molecule has 204 valence electrons. The van der Waals surface area contributed by atoms with Crippen molar-refractivity contribution in [2.24, 2.45) is 4.99 Å². The van der Waals surface area contributed by atoms with Gasteiger partial charge in [-0.15, -0.1) is 0 Å². The van der Waals surface area contributed by atoms with E-state index in [9.17, 15) is 9.59 Å². The van der Waals surface area contributed by atoms with Crippen LogP contribution in [-0.4, -0.2) is 59.4 Å². The summed E-state index contributed by atoms with van der Waals surface area (Å²) in [4.78, 5) is 34.8. The zero-order chi connectivity index (χ0) is 28.1. The number of aliphatic carboxylic acids is 1. The Morgan fingerprint density at radius 1 is 1.05 bits per heavy atom. The highest BCUT2D eigenvalue weighted by atomic mass is 32.2. The second-order valence-electron chi connectivity index (χ2n) is 8.86. The lowest BCUT2D eigenvalue weighted by atomic mass is 10.1. The molecule has 0 spiro atoms. The van der Waals surface area contributed by atoms with Gasteiger partial charge in [0.05, 0.1) is 24.8 Å². The Kier molecular flexibility index (Phi) is 8.07. The molecule has 10 heteroatoms. The Hall–Kier alpha value is -4.70. The number of ether oxygens (including phenoxy) is 3. The van der Waals surface area contributed by atoms with Crippen LogP contribution in [0.3, 0.4) is 0 Å². The monoisotopic (exact) mass is 557 g/mol. The highest BCUT2D eigenvalue weighted by Gasteiger charge is 2.33. The van der Waals surface area contributed by atoms with Crippen LogP contribution >= 0.6 is 11.8 Å². The molecule has 1 fully saturated rings. The van der Waals surface area contributed by atoms with Gasteiger partial charge < -0.3 is 24.3 Å². The number of para-hydroxylation sites is 1. The quantitative estimate of drug-likeness (QED) is 0.248. The zero-order valence-corrected chi connectivity index (χ0v) is 22.7. The maximum atomic E-state index is 13.6. The van der Waals surface area contributed by atoms with E-state index in [1.165, 1.54) is 18.9 Å². The minimum absolute atomic E-state index is 0.151. The molecule has 2 heterocycles. The van der Waals surface area contributed by atoms with Crippen LogP contribution in [0.2, 0.25) is 0 Å². The maximum absolute atomic E-state index is 13.6. The van der Waals surface area contributed by atoms with E-state index in [0.717, 1.165) is 22.2 Å². The number of carbonyl (C=O) groups excluding carboxylic acids is 1. The summed E-state index contributed by atoms with van der Waals surface area (Å²) in [7, 11) is 3.08. The number of aliphatic imine (C=N–C) groups is 1. The predicted octanol–water partition coefficient (Wildman–Crippen LogP) is 5.50.